The van der Waals surface area contributed by atoms with Crippen LogP contribution in [-0.2, 0) is 7.05 Å². The van der Waals surface area contributed by atoms with Crippen LogP contribution in [0.4, 0.5) is 0 Å². The second kappa shape index (κ2) is 6.01. The van der Waals surface area contributed by atoms with E-state index in [2.05, 4.69) is 31.0 Å². The van der Waals surface area contributed by atoms with Crippen LogP contribution in [0.2, 0.25) is 0 Å². The highest BCUT2D eigenvalue weighted by molar-refractivity contribution is 7.16. The molecule has 0 aliphatic carbocycles. The fourth-order valence-corrected chi connectivity index (χ4v) is 3.60. The van der Waals surface area contributed by atoms with Crippen LogP contribution >= 0.6 is 11.3 Å². The lowest BCUT2D eigenvalue weighted by atomic mass is 10.1. The highest BCUT2D eigenvalue weighted by Crippen LogP contribution is 2.23. The van der Waals surface area contributed by atoms with Crippen molar-refractivity contribution < 1.29 is 9.53 Å². The zero-order valence-electron chi connectivity index (χ0n) is 13.6. The van der Waals surface area contributed by atoms with Gasteiger partial charge in [0, 0.05) is 12.6 Å². The molecule has 0 fully saturated rings. The summed E-state index contributed by atoms with van der Waals surface area (Å²) in [7, 11) is 3.55. The van der Waals surface area contributed by atoms with Gasteiger partial charge in [-0.05, 0) is 55.3 Å². The molecule has 0 aliphatic rings. The van der Waals surface area contributed by atoms with Crippen molar-refractivity contribution in [2.45, 2.75) is 13.8 Å². The molecule has 0 bridgehead atoms. The lowest BCUT2D eigenvalue weighted by molar-refractivity contribution is 0.0998. The van der Waals surface area contributed by atoms with Gasteiger partial charge in [0.2, 0.25) is 0 Å². The van der Waals surface area contributed by atoms with Crippen LogP contribution < -0.4 is 9.54 Å². The van der Waals surface area contributed by atoms with Crippen LogP contribution in [0.25, 0.3) is 10.2 Å². The van der Waals surface area contributed by atoms with Crippen molar-refractivity contribution in [1.29, 1.82) is 0 Å². The van der Waals surface area contributed by atoms with Gasteiger partial charge in [-0.25, -0.2) is 0 Å². The molecule has 0 atom stereocenters. The lowest BCUT2D eigenvalue weighted by Gasteiger charge is -2.03. The molecule has 0 spiro atoms. The van der Waals surface area contributed by atoms with Gasteiger partial charge in [-0.15, -0.1) is 0 Å². The summed E-state index contributed by atoms with van der Waals surface area (Å²) in [6, 6.07) is 11.2. The van der Waals surface area contributed by atoms with Gasteiger partial charge in [0.05, 0.1) is 17.3 Å². The Hall–Kier alpha value is -2.40. The number of fused-ring (bicyclic) bond motifs is 1. The minimum Gasteiger partial charge on any atom is -0.497 e. The summed E-state index contributed by atoms with van der Waals surface area (Å²) in [5.41, 5.74) is 4.14. The topological polar surface area (TPSA) is 43.6 Å². The summed E-state index contributed by atoms with van der Waals surface area (Å²) < 4.78 is 8.23. The predicted molar refractivity (Wildman–Crippen MR) is 93.2 cm³/mol. The Morgan fingerprint density at radius 3 is 2.48 bits per heavy atom. The number of ether oxygens (including phenoxy) is 1. The molecular formula is C18H18N2O2S. The van der Waals surface area contributed by atoms with Gasteiger partial charge in [0.1, 0.15) is 5.75 Å². The summed E-state index contributed by atoms with van der Waals surface area (Å²) in [5.74, 6) is 0.476. The molecule has 0 radical (unpaired) electrons. The van der Waals surface area contributed by atoms with Crippen molar-refractivity contribution in [3.8, 4) is 5.75 Å². The first-order chi connectivity index (χ1) is 11.0. The van der Waals surface area contributed by atoms with Crippen molar-refractivity contribution in [3.63, 3.8) is 0 Å². The number of rotatable bonds is 2. The smallest absolute Gasteiger partial charge is 0.279 e. The third kappa shape index (κ3) is 2.80. The van der Waals surface area contributed by atoms with Crippen molar-refractivity contribution in [2.75, 3.05) is 7.11 Å². The molecule has 1 amide bonds. The average Bonchev–Trinajstić information content (AvgIpc) is 2.88. The number of carbonyl (C=O) groups excluding carboxylic acids is 1. The molecular weight excluding hydrogens is 308 g/mol. The van der Waals surface area contributed by atoms with Gasteiger partial charge in [0.25, 0.3) is 5.91 Å². The van der Waals surface area contributed by atoms with Gasteiger partial charge in [-0.3, -0.25) is 4.79 Å². The molecule has 0 unspecified atom stereocenters. The van der Waals surface area contributed by atoms with E-state index < -0.39 is 0 Å². The summed E-state index contributed by atoms with van der Waals surface area (Å²) in [6.07, 6.45) is 0. The maximum absolute atomic E-state index is 12.4. The Labute approximate surface area is 138 Å². The van der Waals surface area contributed by atoms with Gasteiger partial charge >= 0.3 is 0 Å². The van der Waals surface area contributed by atoms with Gasteiger partial charge in [-0.1, -0.05) is 17.4 Å². The molecule has 0 N–H and O–H groups in total. The number of aromatic nitrogens is 1. The Morgan fingerprint density at radius 2 is 1.83 bits per heavy atom. The molecule has 4 nitrogen and oxygen atoms in total. The van der Waals surface area contributed by atoms with E-state index in [9.17, 15) is 4.79 Å². The van der Waals surface area contributed by atoms with E-state index in [1.54, 1.807) is 31.4 Å². The van der Waals surface area contributed by atoms with Crippen LogP contribution in [0.3, 0.4) is 0 Å². The second-order valence-electron chi connectivity index (χ2n) is 5.44. The van der Waals surface area contributed by atoms with Crippen LogP contribution in [-0.4, -0.2) is 17.6 Å². The minimum absolute atomic E-state index is 0.246. The van der Waals surface area contributed by atoms with Crippen LogP contribution in [0, 0.1) is 13.8 Å². The molecule has 2 aromatic carbocycles. The normalized spacial score (nSPS) is 11.9. The molecule has 5 heteroatoms. The van der Waals surface area contributed by atoms with E-state index in [1.165, 1.54) is 22.5 Å². The monoisotopic (exact) mass is 326 g/mol. The summed E-state index contributed by atoms with van der Waals surface area (Å²) in [6.45, 7) is 4.19. The first kappa shape index (κ1) is 15.5. The minimum atomic E-state index is -0.246. The van der Waals surface area contributed by atoms with E-state index in [0.29, 0.717) is 10.4 Å². The third-order valence-electron chi connectivity index (χ3n) is 4.02. The third-order valence-corrected chi connectivity index (χ3v) is 5.12. The lowest BCUT2D eigenvalue weighted by Crippen LogP contribution is -2.13. The molecule has 3 rings (SSSR count). The Morgan fingerprint density at radius 1 is 1.13 bits per heavy atom. The SMILES string of the molecule is COc1ccc(C(=O)N=c2sc3ccc(C)c(C)c3n2C)cc1. The van der Waals surface area contributed by atoms with E-state index in [4.69, 9.17) is 4.74 Å². The van der Waals surface area contributed by atoms with Gasteiger partial charge < -0.3 is 9.30 Å². The fourth-order valence-electron chi connectivity index (χ4n) is 2.52. The summed E-state index contributed by atoms with van der Waals surface area (Å²) in [4.78, 5) is 17.4. The first-order valence-corrected chi connectivity index (χ1v) is 8.11. The molecule has 3 aromatic rings. The Kier molecular flexibility index (Phi) is 4.05. The molecule has 0 saturated heterocycles. The van der Waals surface area contributed by atoms with Crippen molar-refractivity contribution in [2.24, 2.45) is 12.0 Å². The quantitative estimate of drug-likeness (QED) is 0.722. The highest BCUT2D eigenvalue weighted by Gasteiger charge is 2.10. The summed E-state index contributed by atoms with van der Waals surface area (Å²) in [5, 5.41) is 0. The van der Waals surface area contributed by atoms with Crippen LogP contribution in [0.5, 0.6) is 5.75 Å². The van der Waals surface area contributed by atoms with E-state index in [0.717, 1.165) is 16.0 Å². The van der Waals surface area contributed by atoms with Gasteiger partial charge in [0.15, 0.2) is 4.80 Å². The van der Waals surface area contributed by atoms with E-state index in [1.807, 2.05) is 11.6 Å². The number of hydrogen-bond donors (Lipinski definition) is 0. The molecule has 0 aliphatic heterocycles. The standard InChI is InChI=1S/C18H18N2O2S/c1-11-5-10-15-16(12(11)2)20(3)18(23-15)19-17(21)13-6-8-14(22-4)9-7-13/h5-10H,1-4H3. The van der Waals surface area contributed by atoms with Crippen molar-refractivity contribution >= 4 is 27.5 Å². The molecule has 23 heavy (non-hydrogen) atoms. The zero-order chi connectivity index (χ0) is 16.6. The largest absolute Gasteiger partial charge is 0.497 e. The highest BCUT2D eigenvalue weighted by atomic mass is 32.1. The Balaban J connectivity index is 2.08. The molecule has 0 saturated carbocycles. The number of nitrogens with zero attached hydrogens (tertiary/aromatic N) is 2. The van der Waals surface area contributed by atoms with Crippen molar-refractivity contribution in [1.82, 2.24) is 4.57 Å². The molecule has 1 aromatic heterocycles. The van der Waals surface area contributed by atoms with E-state index in [-0.39, 0.29) is 5.91 Å². The number of hydrogen-bond acceptors (Lipinski definition) is 3. The van der Waals surface area contributed by atoms with Crippen LogP contribution in [0.1, 0.15) is 21.5 Å². The zero-order valence-corrected chi connectivity index (χ0v) is 14.4. The maximum atomic E-state index is 12.4. The number of benzene rings is 2. The van der Waals surface area contributed by atoms with Crippen LogP contribution in [0.15, 0.2) is 41.4 Å². The number of carbonyl (C=O) groups is 1. The average molecular weight is 326 g/mol. The second-order valence-corrected chi connectivity index (χ2v) is 6.45. The number of thiazole rings is 1. The molecule has 1 heterocycles. The number of amides is 1. The summed E-state index contributed by atoms with van der Waals surface area (Å²) >= 11 is 1.53. The predicted octanol–water partition coefficient (Wildman–Crippen LogP) is 3.61. The maximum Gasteiger partial charge on any atom is 0.279 e. The van der Waals surface area contributed by atoms with Crippen molar-refractivity contribution in [3.05, 3.63) is 57.9 Å². The first-order valence-electron chi connectivity index (χ1n) is 7.30. The number of methoxy groups -OCH3 is 1. The number of aryl methyl sites for hydroxylation is 3. The van der Waals surface area contributed by atoms with E-state index >= 15 is 0 Å². The fraction of sp³-hybridized carbons (Fsp3) is 0.222. The Bertz CT molecular complexity index is 950. The van der Waals surface area contributed by atoms with Gasteiger partial charge in [-0.2, -0.15) is 4.99 Å². The molecule has 118 valence electrons.